The zero-order valence-corrected chi connectivity index (χ0v) is 60.5. The summed E-state index contributed by atoms with van der Waals surface area (Å²) in [6.07, 6.45) is 0. The highest BCUT2D eigenvalue weighted by molar-refractivity contribution is 6.94. The summed E-state index contributed by atoms with van der Waals surface area (Å²) in [7, 11) is -14.0. The molecule has 1 nitrogen and oxygen atoms in total. The number of nitrogens with zero attached hydrogens (tertiary/aromatic N) is 1. The van der Waals surface area contributed by atoms with Gasteiger partial charge >= 0.3 is 0 Å². The summed E-state index contributed by atoms with van der Waals surface area (Å²) in [6.45, 7) is 65.8. The Balaban J connectivity index is 1.41. The maximum absolute atomic E-state index is 2.83. The van der Waals surface area contributed by atoms with E-state index < -0.39 is 64.6 Å². The van der Waals surface area contributed by atoms with Gasteiger partial charge in [-0.1, -0.05) is 296 Å². The van der Waals surface area contributed by atoms with Crippen LogP contribution in [0.2, 0.25) is 157 Å². The van der Waals surface area contributed by atoms with Crippen LogP contribution in [0, 0.1) is 0 Å². The van der Waals surface area contributed by atoms with Gasteiger partial charge in [-0.3, -0.25) is 0 Å². The van der Waals surface area contributed by atoms with Crippen LogP contribution in [0.15, 0.2) is 97.1 Å². The number of benzene rings is 8. The van der Waals surface area contributed by atoms with Gasteiger partial charge in [0.25, 0.3) is 0 Å². The van der Waals surface area contributed by atoms with Crippen molar-refractivity contribution in [2.24, 2.45) is 0 Å². The van der Waals surface area contributed by atoms with E-state index in [2.05, 4.69) is 254 Å². The Morgan fingerprint density at radius 3 is 0.558 bits per heavy atom. The SMILES string of the molecule is C[Si](C)(C)c1ccc2c3c(cc([Si](C)(C)C)c2c1)C[N+]1(Cc2cc([Si](C)(C)C)c4cc([Si](C)(C)C)ccc4c2-3)Cc2cc([Si](C)(C)C)c3cc([Si](C)(C)C)ccc3c2-c2c(cc([Si](C)(C)C)c3cc([Si](C)(C)C)ccc23)C1. The lowest BCUT2D eigenvalue weighted by atomic mass is 9.88. The fraction of sp³-hybridized carbons (Fsp3) is 0.412. The van der Waals surface area contributed by atoms with Crippen LogP contribution < -0.4 is 41.5 Å². The predicted octanol–water partition coefficient (Wildman–Crippen LogP) is 15.5. The van der Waals surface area contributed by atoms with Gasteiger partial charge in [-0.25, -0.2) is 0 Å². The lowest BCUT2D eigenvalue weighted by molar-refractivity contribution is -0.977. The lowest BCUT2D eigenvalue weighted by Crippen LogP contribution is -2.46. The van der Waals surface area contributed by atoms with Gasteiger partial charge in [0, 0.05) is 22.3 Å². The van der Waals surface area contributed by atoms with E-state index in [0.29, 0.717) is 0 Å². The minimum Gasteiger partial charge on any atom is -0.309 e. The second-order valence-electron chi connectivity index (χ2n) is 32.8. The van der Waals surface area contributed by atoms with Crippen LogP contribution in [0.3, 0.4) is 0 Å². The van der Waals surface area contributed by atoms with Crippen molar-refractivity contribution < 1.29 is 4.48 Å². The van der Waals surface area contributed by atoms with E-state index >= 15 is 0 Å². The molecule has 0 saturated heterocycles. The van der Waals surface area contributed by atoms with Crippen molar-refractivity contribution in [3.8, 4) is 22.3 Å². The molecule has 404 valence electrons. The Morgan fingerprint density at radius 1 is 0.221 bits per heavy atom. The van der Waals surface area contributed by atoms with Gasteiger partial charge in [-0.15, -0.1) is 0 Å². The summed E-state index contributed by atoms with van der Waals surface area (Å²) < 4.78 is 0.987. The van der Waals surface area contributed by atoms with Gasteiger partial charge in [0.1, 0.15) is 26.2 Å². The van der Waals surface area contributed by atoms with E-state index in [-0.39, 0.29) is 0 Å². The minimum atomic E-state index is -1.87. The van der Waals surface area contributed by atoms with Gasteiger partial charge < -0.3 is 4.48 Å². The largest absolute Gasteiger partial charge is 0.309 e. The van der Waals surface area contributed by atoms with Crippen molar-refractivity contribution >= 4 is 149 Å². The molecular formula is C68H96NSi8+. The molecule has 0 radical (unpaired) electrons. The molecular weight excluding hydrogens is 1060 g/mol. The third-order valence-electron chi connectivity index (χ3n) is 18.1. The number of hydrogen-bond donors (Lipinski definition) is 0. The highest BCUT2D eigenvalue weighted by Gasteiger charge is 2.43. The summed E-state index contributed by atoms with van der Waals surface area (Å²) in [6, 6.07) is 42.8. The average molecular weight is 1150 g/mol. The number of fused-ring (bicyclic) bond motifs is 14. The Kier molecular flexibility index (Phi) is 13.5. The topological polar surface area (TPSA) is 0 Å². The van der Waals surface area contributed by atoms with Crippen molar-refractivity contribution in [2.75, 3.05) is 0 Å². The summed E-state index contributed by atoms with van der Waals surface area (Å²) >= 11 is 0. The van der Waals surface area contributed by atoms with E-state index in [0.717, 1.165) is 30.7 Å². The van der Waals surface area contributed by atoms with E-state index in [1.54, 1.807) is 63.7 Å². The van der Waals surface area contributed by atoms with E-state index in [1.807, 2.05) is 0 Å². The maximum Gasteiger partial charge on any atom is 0.106 e. The van der Waals surface area contributed by atoms with Crippen molar-refractivity contribution in [1.82, 2.24) is 0 Å². The highest BCUT2D eigenvalue weighted by atomic mass is 28.3. The molecule has 0 N–H and O–H groups in total. The van der Waals surface area contributed by atoms with E-state index in [4.69, 9.17) is 0 Å². The molecule has 2 heterocycles. The average Bonchev–Trinajstić information content (AvgIpc) is 3.53. The Labute approximate surface area is 475 Å². The smallest absolute Gasteiger partial charge is 0.106 e. The highest BCUT2D eigenvalue weighted by Crippen LogP contribution is 2.50. The van der Waals surface area contributed by atoms with Crippen LogP contribution >= 0.6 is 0 Å². The van der Waals surface area contributed by atoms with Crippen molar-refractivity contribution in [3.05, 3.63) is 119 Å². The van der Waals surface area contributed by atoms with E-state index in [9.17, 15) is 0 Å². The Hall–Kier alpha value is -3.50. The summed E-state index contributed by atoms with van der Waals surface area (Å²) in [5.41, 5.74) is 12.4. The summed E-state index contributed by atoms with van der Waals surface area (Å²) in [5.74, 6) is 0. The monoisotopic (exact) mass is 1150 g/mol. The van der Waals surface area contributed by atoms with Crippen LogP contribution in [-0.2, 0) is 26.2 Å². The standard InChI is InChI=1S/C68H96NSi8/c1-70(2,3)49-25-29-53-57(37-49)61(74(13,14)15)33-45-41-69(42-46-34-62(75(16,17)18)58-38-50(71(4,5)6)26-30-54(58)66(46)65(45)53)43-47-35-63(76(19,20)21)59-39-51(72(7,8)9)27-31-55(59)67(47)68-48(44-69)36-64(77(22,23)24)60-40-52(73(10,11)12)28-32-56(60)68/h25-40H,41-44H2,1-24H3/q+1. The number of quaternary nitrogens is 1. The second-order valence-corrected chi connectivity index (χ2v) is 73.3. The normalized spacial score (nSPS) is 15.7. The van der Waals surface area contributed by atoms with Gasteiger partial charge in [-0.05, 0) is 65.3 Å². The fourth-order valence-corrected chi connectivity index (χ4v) is 24.9. The molecule has 2 aliphatic heterocycles. The molecule has 0 aliphatic carbocycles. The van der Waals surface area contributed by atoms with Crippen molar-refractivity contribution in [3.63, 3.8) is 0 Å². The number of hydrogen-bond acceptors (Lipinski definition) is 0. The molecule has 2 aliphatic rings. The fourth-order valence-electron chi connectivity index (χ4n) is 13.7. The molecule has 0 bridgehead atoms. The second kappa shape index (κ2) is 18.2. The van der Waals surface area contributed by atoms with E-state index in [1.165, 1.54) is 65.3 Å². The molecule has 1 spiro atoms. The first-order valence-electron chi connectivity index (χ1n) is 29.4. The van der Waals surface area contributed by atoms with Crippen LogP contribution in [0.5, 0.6) is 0 Å². The van der Waals surface area contributed by atoms with Gasteiger partial charge in [-0.2, -0.15) is 0 Å². The molecule has 0 aromatic heterocycles. The molecule has 8 aromatic carbocycles. The molecule has 0 fully saturated rings. The van der Waals surface area contributed by atoms with Gasteiger partial charge in [0.15, 0.2) is 0 Å². The predicted molar refractivity (Wildman–Crippen MR) is 373 cm³/mol. The van der Waals surface area contributed by atoms with Crippen LogP contribution in [0.25, 0.3) is 65.3 Å². The Bertz CT molecular complexity index is 3270. The van der Waals surface area contributed by atoms with Crippen LogP contribution in [0.4, 0.5) is 0 Å². The molecule has 9 heteroatoms. The summed E-state index contributed by atoms with van der Waals surface area (Å²) in [5, 5.41) is 25.0. The molecule has 0 amide bonds. The zero-order chi connectivity index (χ0) is 56.5. The molecule has 0 saturated carbocycles. The Morgan fingerprint density at radius 2 is 0.403 bits per heavy atom. The quantitative estimate of drug-likeness (QED) is 0.105. The molecule has 0 unspecified atom stereocenters. The first kappa shape index (κ1) is 56.8. The molecule has 0 atom stereocenters. The molecule has 10 rings (SSSR count). The first-order valence-corrected chi connectivity index (χ1v) is 57.4. The maximum atomic E-state index is 2.83. The van der Waals surface area contributed by atoms with Gasteiger partial charge in [0.05, 0.1) is 64.6 Å². The van der Waals surface area contributed by atoms with Crippen molar-refractivity contribution in [1.29, 1.82) is 0 Å². The van der Waals surface area contributed by atoms with Crippen molar-refractivity contribution in [2.45, 2.75) is 183 Å². The summed E-state index contributed by atoms with van der Waals surface area (Å²) in [4.78, 5) is 0. The first-order chi connectivity index (χ1) is 35.2. The zero-order valence-electron chi connectivity index (χ0n) is 52.5. The third kappa shape index (κ3) is 10.1. The molecule has 8 aromatic rings. The van der Waals surface area contributed by atoms with Crippen LogP contribution in [-0.4, -0.2) is 69.1 Å². The molecule has 77 heavy (non-hydrogen) atoms. The van der Waals surface area contributed by atoms with Gasteiger partial charge in [0.2, 0.25) is 0 Å². The minimum absolute atomic E-state index is 0.987. The van der Waals surface area contributed by atoms with Crippen LogP contribution in [0.1, 0.15) is 22.3 Å². The lowest BCUT2D eigenvalue weighted by Gasteiger charge is -2.39. The third-order valence-corrected chi connectivity index (χ3v) is 34.4. The number of rotatable bonds is 8.